The Morgan fingerprint density at radius 3 is 2.74 bits per heavy atom. The molecule has 1 aliphatic rings. The fourth-order valence-electron chi connectivity index (χ4n) is 3.25. The predicted molar refractivity (Wildman–Crippen MR) is 93.2 cm³/mol. The van der Waals surface area contributed by atoms with Crippen molar-refractivity contribution in [2.24, 2.45) is 0 Å². The van der Waals surface area contributed by atoms with E-state index in [0.717, 1.165) is 24.9 Å². The van der Waals surface area contributed by atoms with Gasteiger partial charge in [0.2, 0.25) is 0 Å². The van der Waals surface area contributed by atoms with Gasteiger partial charge in [-0.1, -0.05) is 42.3 Å². The number of carbonyl (C=O) groups is 1. The minimum Gasteiger partial charge on any atom is -0.336 e. The van der Waals surface area contributed by atoms with Crippen LogP contribution >= 0.6 is 23.2 Å². The van der Waals surface area contributed by atoms with Crippen molar-refractivity contribution in [3.05, 3.63) is 63.9 Å². The molecule has 120 valence electrons. The molecule has 2 heterocycles. The van der Waals surface area contributed by atoms with Crippen molar-refractivity contribution in [2.45, 2.75) is 25.2 Å². The molecule has 0 N–H and O–H groups in total. The van der Waals surface area contributed by atoms with Gasteiger partial charge in [-0.15, -0.1) is 0 Å². The third-order valence-electron chi connectivity index (χ3n) is 4.73. The molecule has 23 heavy (non-hydrogen) atoms. The molecule has 3 nitrogen and oxygen atoms in total. The quantitative estimate of drug-likeness (QED) is 0.813. The van der Waals surface area contributed by atoms with Crippen LogP contribution in [0.25, 0.3) is 0 Å². The first-order valence-electron chi connectivity index (χ1n) is 7.71. The van der Waals surface area contributed by atoms with Crippen LogP contribution in [0.1, 0.15) is 35.8 Å². The fraction of sp³-hybridized carbons (Fsp3) is 0.333. The summed E-state index contributed by atoms with van der Waals surface area (Å²) in [6.45, 7) is 3.55. The normalized spacial score (nSPS) is 20.7. The number of carbonyl (C=O) groups excluding carboxylic acids is 1. The van der Waals surface area contributed by atoms with Crippen molar-refractivity contribution in [1.29, 1.82) is 0 Å². The fourth-order valence-corrected chi connectivity index (χ4v) is 3.55. The molecule has 0 bridgehead atoms. The lowest BCUT2D eigenvalue weighted by Gasteiger charge is -2.29. The molecule has 1 aromatic heterocycles. The number of nitrogens with zero attached hydrogens (tertiary/aromatic N) is 2. The smallest absolute Gasteiger partial charge is 0.272 e. The molecular weight excluding hydrogens is 331 g/mol. The van der Waals surface area contributed by atoms with E-state index in [1.807, 2.05) is 35.2 Å². The number of rotatable bonds is 3. The number of halogens is 2. The molecular formula is C18H18Cl2N2O. The Morgan fingerprint density at radius 1 is 1.26 bits per heavy atom. The van der Waals surface area contributed by atoms with Crippen molar-refractivity contribution < 1.29 is 4.79 Å². The lowest BCUT2D eigenvalue weighted by molar-refractivity contribution is 0.0777. The second kappa shape index (κ2) is 6.50. The maximum atomic E-state index is 12.6. The van der Waals surface area contributed by atoms with E-state index >= 15 is 0 Å². The van der Waals surface area contributed by atoms with Gasteiger partial charge < -0.3 is 4.90 Å². The molecule has 1 amide bonds. The third-order valence-corrected chi connectivity index (χ3v) is 5.47. The van der Waals surface area contributed by atoms with Crippen molar-refractivity contribution in [3.8, 4) is 0 Å². The number of aromatic nitrogens is 1. The number of pyridine rings is 1. The van der Waals surface area contributed by atoms with Gasteiger partial charge in [0.1, 0.15) is 5.69 Å². The molecule has 3 rings (SSSR count). The second-order valence-corrected chi connectivity index (χ2v) is 6.77. The highest BCUT2D eigenvalue weighted by Gasteiger charge is 2.40. The Kier molecular flexibility index (Phi) is 4.60. The lowest BCUT2D eigenvalue weighted by Crippen LogP contribution is -2.34. The summed E-state index contributed by atoms with van der Waals surface area (Å²) in [7, 11) is 0. The number of hydrogen-bond acceptors (Lipinski definition) is 2. The number of likely N-dealkylation sites (tertiary alicyclic amines) is 1. The average Bonchev–Trinajstić information content (AvgIpc) is 3.03. The summed E-state index contributed by atoms with van der Waals surface area (Å²) in [6.07, 6.45) is 3.51. The van der Waals surface area contributed by atoms with Crippen molar-refractivity contribution >= 4 is 29.1 Å². The standard InChI is InChI=1S/C18H18Cl2N2O/c1-2-18(13-6-7-14(19)15(20)11-13)8-10-22(12-18)17(23)16-5-3-4-9-21-16/h3-7,9,11H,2,8,10,12H2,1H3. The minimum atomic E-state index is -0.0708. The summed E-state index contributed by atoms with van der Waals surface area (Å²) >= 11 is 12.2. The van der Waals surface area contributed by atoms with Crippen molar-refractivity contribution in [1.82, 2.24) is 9.88 Å². The highest BCUT2D eigenvalue weighted by atomic mass is 35.5. The minimum absolute atomic E-state index is 0.0130. The van der Waals surface area contributed by atoms with Crippen LogP contribution in [0, 0.1) is 0 Å². The van der Waals surface area contributed by atoms with E-state index in [-0.39, 0.29) is 11.3 Å². The first-order chi connectivity index (χ1) is 11.1. The van der Waals surface area contributed by atoms with E-state index < -0.39 is 0 Å². The van der Waals surface area contributed by atoms with E-state index in [9.17, 15) is 4.79 Å². The number of amides is 1. The van der Waals surface area contributed by atoms with E-state index in [0.29, 0.717) is 22.3 Å². The maximum absolute atomic E-state index is 12.6. The summed E-state index contributed by atoms with van der Waals surface area (Å²) in [6, 6.07) is 11.2. The van der Waals surface area contributed by atoms with Gasteiger partial charge in [-0.3, -0.25) is 9.78 Å². The molecule has 1 aliphatic heterocycles. The Hall–Kier alpha value is -1.58. The van der Waals surface area contributed by atoms with Crippen LogP contribution in [0.5, 0.6) is 0 Å². The molecule has 1 unspecified atom stereocenters. The highest BCUT2D eigenvalue weighted by molar-refractivity contribution is 6.42. The average molecular weight is 349 g/mol. The van der Waals surface area contributed by atoms with E-state index in [2.05, 4.69) is 11.9 Å². The molecule has 1 aromatic carbocycles. The predicted octanol–water partition coefficient (Wildman–Crippen LogP) is 4.58. The van der Waals surface area contributed by atoms with Gasteiger partial charge in [0.25, 0.3) is 5.91 Å². The van der Waals surface area contributed by atoms with Crippen LogP contribution in [0.2, 0.25) is 10.0 Å². The Balaban J connectivity index is 1.86. The monoisotopic (exact) mass is 348 g/mol. The number of hydrogen-bond donors (Lipinski definition) is 0. The van der Waals surface area contributed by atoms with Gasteiger partial charge in [0.05, 0.1) is 10.0 Å². The summed E-state index contributed by atoms with van der Waals surface area (Å²) in [5.41, 5.74) is 1.57. The zero-order chi connectivity index (χ0) is 16.4. The van der Waals surface area contributed by atoms with Gasteiger partial charge >= 0.3 is 0 Å². The van der Waals surface area contributed by atoms with Crippen LogP contribution in [0.4, 0.5) is 0 Å². The molecule has 1 fully saturated rings. The first-order valence-corrected chi connectivity index (χ1v) is 8.47. The first kappa shape index (κ1) is 16.3. The SMILES string of the molecule is CCC1(c2ccc(Cl)c(Cl)c2)CCN(C(=O)c2ccccn2)C1. The van der Waals surface area contributed by atoms with Crippen LogP contribution in [0.15, 0.2) is 42.6 Å². The molecule has 1 atom stereocenters. The van der Waals surface area contributed by atoms with Crippen LogP contribution in [-0.2, 0) is 5.41 Å². The number of benzene rings is 1. The summed E-state index contributed by atoms with van der Waals surface area (Å²) < 4.78 is 0. The molecule has 5 heteroatoms. The maximum Gasteiger partial charge on any atom is 0.272 e. The van der Waals surface area contributed by atoms with E-state index in [4.69, 9.17) is 23.2 Å². The van der Waals surface area contributed by atoms with Crippen LogP contribution in [0.3, 0.4) is 0 Å². The van der Waals surface area contributed by atoms with E-state index in [1.54, 1.807) is 12.3 Å². The van der Waals surface area contributed by atoms with Gasteiger partial charge in [-0.05, 0) is 42.7 Å². The van der Waals surface area contributed by atoms with E-state index in [1.165, 1.54) is 0 Å². The highest BCUT2D eigenvalue weighted by Crippen LogP contribution is 2.40. The molecule has 0 aliphatic carbocycles. The summed E-state index contributed by atoms with van der Waals surface area (Å²) in [4.78, 5) is 18.7. The molecule has 0 saturated carbocycles. The summed E-state index contributed by atoms with van der Waals surface area (Å²) in [5, 5.41) is 1.12. The van der Waals surface area contributed by atoms with Gasteiger partial charge in [0, 0.05) is 24.7 Å². The van der Waals surface area contributed by atoms with Crippen LogP contribution in [-0.4, -0.2) is 28.9 Å². The van der Waals surface area contributed by atoms with Crippen molar-refractivity contribution in [2.75, 3.05) is 13.1 Å². The summed E-state index contributed by atoms with van der Waals surface area (Å²) in [5.74, 6) is -0.0130. The Bertz CT molecular complexity index is 720. The van der Waals surface area contributed by atoms with Gasteiger partial charge in [-0.25, -0.2) is 0 Å². The van der Waals surface area contributed by atoms with Gasteiger partial charge in [0.15, 0.2) is 0 Å². The van der Waals surface area contributed by atoms with Gasteiger partial charge in [-0.2, -0.15) is 0 Å². The molecule has 1 saturated heterocycles. The third kappa shape index (κ3) is 3.08. The zero-order valence-electron chi connectivity index (χ0n) is 12.9. The van der Waals surface area contributed by atoms with Crippen LogP contribution < -0.4 is 0 Å². The largest absolute Gasteiger partial charge is 0.336 e. The zero-order valence-corrected chi connectivity index (χ0v) is 14.4. The molecule has 0 radical (unpaired) electrons. The second-order valence-electron chi connectivity index (χ2n) is 5.95. The molecule has 0 spiro atoms. The lowest BCUT2D eigenvalue weighted by atomic mass is 9.77. The Labute approximate surface area is 146 Å². The Morgan fingerprint density at radius 2 is 2.09 bits per heavy atom. The van der Waals surface area contributed by atoms with Crippen molar-refractivity contribution in [3.63, 3.8) is 0 Å². The topological polar surface area (TPSA) is 33.2 Å². The molecule has 2 aromatic rings.